The van der Waals surface area contributed by atoms with E-state index in [1.165, 1.54) is 24.3 Å². The zero-order valence-corrected chi connectivity index (χ0v) is 30.3. The predicted octanol–water partition coefficient (Wildman–Crippen LogP) is 3.60. The number of fused-ring (bicyclic) bond motifs is 1. The molecule has 2 aromatic carbocycles. The van der Waals surface area contributed by atoms with Crippen molar-refractivity contribution in [1.29, 1.82) is 0 Å². The normalized spacial score (nSPS) is 16.0. The summed E-state index contributed by atoms with van der Waals surface area (Å²) in [5, 5.41) is 12.5. The Labute approximate surface area is 292 Å². The lowest BCUT2D eigenvalue weighted by atomic mass is 9.95. The average molecular weight is 715 g/mol. The van der Waals surface area contributed by atoms with Gasteiger partial charge in [-0.2, -0.15) is 4.72 Å². The van der Waals surface area contributed by atoms with Gasteiger partial charge in [0.05, 0.1) is 16.0 Å². The van der Waals surface area contributed by atoms with Crippen LogP contribution in [0.25, 0.3) is 0 Å². The number of carboxylic acids is 1. The first-order chi connectivity index (χ1) is 23.1. The van der Waals surface area contributed by atoms with Gasteiger partial charge in [-0.25, -0.2) is 18.0 Å². The van der Waals surface area contributed by atoms with E-state index in [0.29, 0.717) is 37.1 Å². The van der Waals surface area contributed by atoms with Crippen LogP contribution < -0.4 is 10.0 Å². The van der Waals surface area contributed by atoms with Crippen LogP contribution in [0.5, 0.6) is 0 Å². The summed E-state index contributed by atoms with van der Waals surface area (Å²) in [6.07, 6.45) is 0.474. The van der Waals surface area contributed by atoms with E-state index < -0.39 is 57.8 Å². The van der Waals surface area contributed by atoms with Crippen molar-refractivity contribution in [2.75, 3.05) is 19.6 Å². The minimum atomic E-state index is -4.22. The maximum Gasteiger partial charge on any atom is 0.410 e. The molecule has 3 amide bonds. The topological polar surface area (TPSA) is 189 Å². The van der Waals surface area contributed by atoms with Gasteiger partial charge in [0.2, 0.25) is 15.9 Å². The van der Waals surface area contributed by atoms with E-state index in [4.69, 9.17) is 9.47 Å². The van der Waals surface area contributed by atoms with Gasteiger partial charge < -0.3 is 29.7 Å². The highest BCUT2D eigenvalue weighted by Gasteiger charge is 2.36. The summed E-state index contributed by atoms with van der Waals surface area (Å²) in [5.74, 6) is -3.63. The molecule has 3 N–H and O–H groups in total. The van der Waals surface area contributed by atoms with Crippen LogP contribution in [0.4, 0.5) is 4.79 Å². The summed E-state index contributed by atoms with van der Waals surface area (Å²) in [6, 6.07) is 7.19. The molecule has 2 aromatic rings. The molecule has 1 fully saturated rings. The fourth-order valence-corrected chi connectivity index (χ4v) is 6.86. The fourth-order valence-electron chi connectivity index (χ4n) is 5.67. The first kappa shape index (κ1) is 38.3. The Morgan fingerprint density at radius 1 is 0.860 bits per heavy atom. The highest BCUT2D eigenvalue weighted by Crippen LogP contribution is 2.30. The molecule has 2 aliphatic heterocycles. The molecule has 0 spiro atoms. The van der Waals surface area contributed by atoms with Crippen molar-refractivity contribution in [2.24, 2.45) is 5.92 Å². The summed E-state index contributed by atoms with van der Waals surface area (Å²) in [7, 11) is -4.22. The lowest BCUT2D eigenvalue weighted by Crippen LogP contribution is -2.50. The number of likely N-dealkylation sites (tertiary alicyclic amines) is 1. The number of benzene rings is 2. The largest absolute Gasteiger partial charge is 0.478 e. The number of rotatable bonds is 9. The average Bonchev–Trinajstić information content (AvgIpc) is 3.43. The molecule has 1 atom stereocenters. The molecule has 14 nitrogen and oxygen atoms in total. The van der Waals surface area contributed by atoms with Gasteiger partial charge in [0, 0.05) is 38.6 Å². The summed E-state index contributed by atoms with van der Waals surface area (Å²) in [5.41, 5.74) is -0.120. The molecule has 15 heteroatoms. The number of nitrogens with one attached hydrogen (secondary N) is 2. The monoisotopic (exact) mass is 714 g/mol. The van der Waals surface area contributed by atoms with Crippen LogP contribution in [0, 0.1) is 12.8 Å². The zero-order chi connectivity index (χ0) is 37.2. The van der Waals surface area contributed by atoms with Crippen LogP contribution in [0.3, 0.4) is 0 Å². The van der Waals surface area contributed by atoms with E-state index in [1.807, 2.05) is 0 Å². The molecule has 1 saturated heterocycles. The second-order valence-corrected chi connectivity index (χ2v) is 16.4. The molecule has 4 rings (SSSR count). The summed E-state index contributed by atoms with van der Waals surface area (Å²) in [4.78, 5) is 67.8. The Morgan fingerprint density at radius 3 is 1.92 bits per heavy atom. The first-order valence-electron chi connectivity index (χ1n) is 16.4. The smallest absolute Gasteiger partial charge is 0.410 e. The molecular formula is C35H46N4O10S. The SMILES string of the molecule is Cc1ccc(S(=O)(=O)N[C@@H](CNC(=O)c2cc3c(cc2C(=O)O)CN(C(=O)C2CCN(C(=O)OC(C)(C)C)CC2)C3)C(=O)OC(C)(C)C)cc1. The number of carbonyl (C=O) groups is 5. The Balaban J connectivity index is 1.47. The van der Waals surface area contributed by atoms with Gasteiger partial charge in [-0.1, -0.05) is 17.7 Å². The van der Waals surface area contributed by atoms with Gasteiger partial charge in [0.25, 0.3) is 5.91 Å². The molecule has 272 valence electrons. The molecule has 0 aromatic heterocycles. The third-order valence-electron chi connectivity index (χ3n) is 8.13. The van der Waals surface area contributed by atoms with E-state index in [1.54, 1.807) is 70.4 Å². The summed E-state index contributed by atoms with van der Waals surface area (Å²) < 4.78 is 39.4. The fraction of sp³-hybridized carbons (Fsp3) is 0.514. The van der Waals surface area contributed by atoms with E-state index in [0.717, 1.165) is 5.56 Å². The van der Waals surface area contributed by atoms with Crippen molar-refractivity contribution in [3.8, 4) is 0 Å². The van der Waals surface area contributed by atoms with Gasteiger partial charge in [-0.05, 0) is 96.7 Å². The van der Waals surface area contributed by atoms with E-state index in [-0.39, 0.29) is 40.9 Å². The molecule has 50 heavy (non-hydrogen) atoms. The van der Waals surface area contributed by atoms with E-state index in [2.05, 4.69) is 10.0 Å². The van der Waals surface area contributed by atoms with Gasteiger partial charge in [-0.3, -0.25) is 14.4 Å². The highest BCUT2D eigenvalue weighted by molar-refractivity contribution is 7.89. The third kappa shape index (κ3) is 9.81. The number of carbonyl (C=O) groups excluding carboxylic acids is 4. The Kier molecular flexibility index (Phi) is 11.3. The quantitative estimate of drug-likeness (QED) is 0.324. The molecule has 0 aliphatic carbocycles. The molecular weight excluding hydrogens is 668 g/mol. The minimum Gasteiger partial charge on any atom is -0.478 e. The zero-order valence-electron chi connectivity index (χ0n) is 29.5. The van der Waals surface area contributed by atoms with Crippen molar-refractivity contribution in [3.05, 3.63) is 64.2 Å². The number of hydrogen-bond donors (Lipinski definition) is 3. The van der Waals surface area contributed by atoms with Gasteiger partial charge >= 0.3 is 18.0 Å². The Bertz CT molecular complexity index is 1750. The highest BCUT2D eigenvalue weighted by atomic mass is 32.2. The number of piperidine rings is 1. The molecule has 0 radical (unpaired) electrons. The lowest BCUT2D eigenvalue weighted by molar-refractivity contribution is -0.156. The van der Waals surface area contributed by atoms with Crippen LogP contribution in [-0.2, 0) is 42.2 Å². The van der Waals surface area contributed by atoms with Gasteiger partial charge in [-0.15, -0.1) is 0 Å². The number of ether oxygens (including phenoxy) is 2. The van der Waals surface area contributed by atoms with Crippen LogP contribution >= 0.6 is 0 Å². The number of aryl methyl sites for hydroxylation is 1. The molecule has 0 saturated carbocycles. The van der Waals surface area contributed by atoms with E-state index >= 15 is 0 Å². The molecule has 2 aliphatic rings. The second-order valence-electron chi connectivity index (χ2n) is 14.6. The van der Waals surface area contributed by atoms with Crippen molar-refractivity contribution in [2.45, 2.75) is 96.5 Å². The van der Waals surface area contributed by atoms with Crippen molar-refractivity contribution in [1.82, 2.24) is 19.8 Å². The Morgan fingerprint density at radius 2 is 1.40 bits per heavy atom. The van der Waals surface area contributed by atoms with Crippen molar-refractivity contribution >= 4 is 39.9 Å². The standard InChI is InChI=1S/C35H46N4O10S/c1-21-8-10-25(11-9-21)50(46,47)37-28(32(44)48-34(2,3)4)18-36-29(40)26-16-23-19-39(20-24(23)17-27(26)31(42)43)30(41)22-12-14-38(15-13-22)33(45)49-35(5,6)7/h8-11,16-17,22,28,37H,12-15,18-20H2,1-7H3,(H,36,40)(H,42,43)/t28-/m0/s1. The van der Waals surface area contributed by atoms with Crippen LogP contribution in [0.1, 0.15) is 91.8 Å². The summed E-state index contributed by atoms with van der Waals surface area (Å²) >= 11 is 0. The second kappa shape index (κ2) is 14.8. The number of esters is 1. The van der Waals surface area contributed by atoms with Crippen LogP contribution in [0.2, 0.25) is 0 Å². The molecule has 0 unspecified atom stereocenters. The number of aromatic carboxylic acids is 1. The number of hydrogen-bond acceptors (Lipinski definition) is 9. The first-order valence-corrected chi connectivity index (χ1v) is 17.9. The van der Waals surface area contributed by atoms with Crippen molar-refractivity contribution < 1.29 is 47.0 Å². The third-order valence-corrected chi connectivity index (χ3v) is 9.62. The Hall–Kier alpha value is -4.50. The predicted molar refractivity (Wildman–Crippen MR) is 182 cm³/mol. The van der Waals surface area contributed by atoms with Gasteiger partial charge in [0.1, 0.15) is 17.2 Å². The molecule has 2 heterocycles. The van der Waals surface area contributed by atoms with Crippen LogP contribution in [0.15, 0.2) is 41.3 Å². The maximum absolute atomic E-state index is 13.5. The number of carboxylic acid groups (broad SMARTS) is 1. The van der Waals surface area contributed by atoms with Crippen molar-refractivity contribution in [3.63, 3.8) is 0 Å². The van der Waals surface area contributed by atoms with E-state index in [9.17, 15) is 37.5 Å². The number of sulfonamides is 1. The lowest BCUT2D eigenvalue weighted by Gasteiger charge is -2.34. The summed E-state index contributed by atoms with van der Waals surface area (Å²) in [6.45, 7) is 12.5. The van der Waals surface area contributed by atoms with Crippen LogP contribution in [-0.4, -0.2) is 90.0 Å². The van der Waals surface area contributed by atoms with Gasteiger partial charge in [0.15, 0.2) is 0 Å². The maximum atomic E-state index is 13.5. The number of amides is 3. The minimum absolute atomic E-state index is 0.0949. The number of nitrogens with zero attached hydrogens (tertiary/aromatic N) is 2. The molecule has 0 bridgehead atoms.